The van der Waals surface area contributed by atoms with Gasteiger partial charge in [0.05, 0.1) is 6.10 Å². The first-order chi connectivity index (χ1) is 7.16. The van der Waals surface area contributed by atoms with E-state index < -0.39 is 16.9 Å². The fraction of sp³-hybridized carbons (Fsp3) is 1.00. The molecule has 0 heterocycles. The van der Waals surface area contributed by atoms with Gasteiger partial charge in [-0.15, -0.1) is 0 Å². The van der Waals surface area contributed by atoms with Crippen LogP contribution in [0.25, 0.3) is 0 Å². The quantitative estimate of drug-likeness (QED) is 0.497. The van der Waals surface area contributed by atoms with E-state index in [9.17, 15) is 0 Å². The Morgan fingerprint density at radius 3 is 2.06 bits per heavy atom. The molecular formula is C11H28O3Si2. The summed E-state index contributed by atoms with van der Waals surface area (Å²) in [7, 11) is -1.62. The molecule has 0 aliphatic carbocycles. The molecule has 0 fully saturated rings. The van der Waals surface area contributed by atoms with E-state index in [-0.39, 0.29) is 0 Å². The molecule has 0 saturated heterocycles. The van der Waals surface area contributed by atoms with Crippen LogP contribution < -0.4 is 0 Å². The van der Waals surface area contributed by atoms with Crippen LogP contribution in [-0.2, 0) is 13.3 Å². The van der Waals surface area contributed by atoms with Crippen molar-refractivity contribution in [2.45, 2.75) is 58.6 Å². The van der Waals surface area contributed by atoms with Crippen molar-refractivity contribution in [3.63, 3.8) is 0 Å². The molecule has 0 rings (SSSR count). The van der Waals surface area contributed by atoms with E-state index in [2.05, 4.69) is 39.7 Å². The molecular weight excluding hydrogens is 236 g/mol. The van der Waals surface area contributed by atoms with Crippen LogP contribution in [-0.4, -0.2) is 36.7 Å². The van der Waals surface area contributed by atoms with Crippen LogP contribution in [0.5, 0.6) is 0 Å². The maximum atomic E-state index is 6.08. The van der Waals surface area contributed by atoms with E-state index in [1.165, 1.54) is 0 Å². The summed E-state index contributed by atoms with van der Waals surface area (Å²) in [5.74, 6) is 0. The fourth-order valence-electron chi connectivity index (χ4n) is 1.57. The van der Waals surface area contributed by atoms with Crippen LogP contribution in [0.4, 0.5) is 0 Å². The minimum absolute atomic E-state index is 0.325. The van der Waals surface area contributed by atoms with Gasteiger partial charge < -0.3 is 13.3 Å². The van der Waals surface area contributed by atoms with Crippen molar-refractivity contribution >= 4 is 16.9 Å². The summed E-state index contributed by atoms with van der Waals surface area (Å²) in [5.41, 5.74) is 0. The first kappa shape index (κ1) is 16.3. The predicted molar refractivity (Wildman–Crippen MR) is 73.6 cm³/mol. The topological polar surface area (TPSA) is 27.7 Å². The molecule has 0 aliphatic rings. The van der Waals surface area contributed by atoms with Crippen molar-refractivity contribution in [1.82, 2.24) is 0 Å². The predicted octanol–water partition coefficient (Wildman–Crippen LogP) is 3.37. The summed E-state index contributed by atoms with van der Waals surface area (Å²) in [5, 5.41) is 0. The first-order valence-electron chi connectivity index (χ1n) is 6.03. The van der Waals surface area contributed by atoms with E-state index in [1.807, 2.05) is 0 Å². The molecule has 0 N–H and O–H groups in total. The van der Waals surface area contributed by atoms with Gasteiger partial charge in [0.25, 0.3) is 0 Å². The summed E-state index contributed by atoms with van der Waals surface area (Å²) in [4.78, 5) is 0. The summed E-state index contributed by atoms with van der Waals surface area (Å²) in [6.45, 7) is 13.8. The van der Waals surface area contributed by atoms with Crippen molar-refractivity contribution in [2.24, 2.45) is 0 Å². The molecule has 0 aromatic rings. The highest BCUT2D eigenvalue weighted by atomic mass is 28.4. The van der Waals surface area contributed by atoms with Crippen LogP contribution >= 0.6 is 0 Å². The molecule has 1 atom stereocenters. The molecule has 0 aromatic heterocycles. The number of rotatable bonds is 8. The van der Waals surface area contributed by atoms with Gasteiger partial charge in [0.2, 0.25) is 0 Å². The molecule has 3 nitrogen and oxygen atoms in total. The number of methoxy groups -OCH3 is 1. The third-order valence-corrected chi connectivity index (χ3v) is 7.47. The maximum absolute atomic E-state index is 6.08. The number of ether oxygens (including phenoxy) is 1. The largest absolute Gasteiger partial charge is 0.436 e. The lowest BCUT2D eigenvalue weighted by Crippen LogP contribution is -2.45. The van der Waals surface area contributed by atoms with Crippen molar-refractivity contribution < 1.29 is 13.3 Å². The van der Waals surface area contributed by atoms with Crippen LogP contribution in [0, 0.1) is 0 Å². The van der Waals surface area contributed by atoms with Crippen LogP contribution in [0.1, 0.15) is 19.8 Å². The van der Waals surface area contributed by atoms with Crippen molar-refractivity contribution in [1.29, 1.82) is 0 Å². The number of hydrogen-bond acceptors (Lipinski definition) is 3. The van der Waals surface area contributed by atoms with Gasteiger partial charge in [-0.1, -0.05) is 0 Å². The average molecular weight is 265 g/mol. The third kappa shape index (κ3) is 9.53. The van der Waals surface area contributed by atoms with Gasteiger partial charge in [-0.25, -0.2) is 0 Å². The second kappa shape index (κ2) is 6.91. The molecule has 0 aromatic carbocycles. The lowest BCUT2D eigenvalue weighted by molar-refractivity contribution is 0.102. The van der Waals surface area contributed by atoms with Gasteiger partial charge in [0, 0.05) is 13.7 Å². The van der Waals surface area contributed by atoms with Gasteiger partial charge in [-0.3, -0.25) is 0 Å². The highest BCUT2D eigenvalue weighted by Crippen LogP contribution is 2.15. The van der Waals surface area contributed by atoms with E-state index in [0.29, 0.717) is 6.10 Å². The number of hydrogen-bond donors (Lipinski definition) is 0. The normalized spacial score (nSPS) is 15.2. The van der Waals surface area contributed by atoms with Crippen LogP contribution in [0.3, 0.4) is 0 Å². The van der Waals surface area contributed by atoms with Gasteiger partial charge in [0.15, 0.2) is 8.32 Å². The molecule has 98 valence electrons. The molecule has 0 saturated carbocycles. The molecule has 0 bridgehead atoms. The Morgan fingerprint density at radius 2 is 1.62 bits per heavy atom. The lowest BCUT2D eigenvalue weighted by Gasteiger charge is -2.30. The minimum atomic E-state index is -1.90. The summed E-state index contributed by atoms with van der Waals surface area (Å²) < 4.78 is 17.2. The minimum Gasteiger partial charge on any atom is -0.436 e. The van der Waals surface area contributed by atoms with E-state index in [0.717, 1.165) is 19.4 Å². The Balaban J connectivity index is 3.74. The zero-order valence-electron chi connectivity index (χ0n) is 11.9. The van der Waals surface area contributed by atoms with Gasteiger partial charge in [0.1, 0.15) is 0 Å². The zero-order chi connectivity index (χ0) is 12.8. The van der Waals surface area contributed by atoms with E-state index in [4.69, 9.17) is 13.3 Å². The first-order valence-corrected chi connectivity index (χ1v) is 12.3. The van der Waals surface area contributed by atoms with Gasteiger partial charge in [-0.2, -0.15) is 0 Å². The standard InChI is InChI=1S/C11H28O3Si2/c1-11(12-2)9-8-10-13-16(6,7)14-15(3,4)5/h11H,8-10H2,1-7H3. The molecule has 1 unspecified atom stereocenters. The molecule has 0 radical (unpaired) electrons. The van der Waals surface area contributed by atoms with E-state index in [1.54, 1.807) is 7.11 Å². The Hall–Kier alpha value is 0.314. The molecule has 5 heteroatoms. The monoisotopic (exact) mass is 264 g/mol. The van der Waals surface area contributed by atoms with Crippen LogP contribution in [0.2, 0.25) is 32.7 Å². The zero-order valence-corrected chi connectivity index (χ0v) is 13.9. The fourth-order valence-corrected chi connectivity index (χ4v) is 8.34. The summed E-state index contributed by atoms with van der Waals surface area (Å²) >= 11 is 0. The Labute approximate surface area is 103 Å². The SMILES string of the molecule is COC(C)CCCO[Si](C)(C)O[Si](C)(C)C. The van der Waals surface area contributed by atoms with Crippen LogP contribution in [0.15, 0.2) is 0 Å². The Kier molecular flexibility index (Phi) is 7.04. The van der Waals surface area contributed by atoms with Gasteiger partial charge in [-0.05, 0) is 52.5 Å². The third-order valence-electron chi connectivity index (χ3n) is 2.16. The highest BCUT2D eigenvalue weighted by molar-refractivity contribution is 6.81. The maximum Gasteiger partial charge on any atom is 0.321 e. The Bertz CT molecular complexity index is 190. The van der Waals surface area contributed by atoms with Crippen molar-refractivity contribution in [3.05, 3.63) is 0 Å². The van der Waals surface area contributed by atoms with Crippen molar-refractivity contribution in [3.8, 4) is 0 Å². The molecule has 0 amide bonds. The average Bonchev–Trinajstić information content (AvgIpc) is 2.08. The summed E-state index contributed by atoms with van der Waals surface area (Å²) in [6, 6.07) is 0. The highest BCUT2D eigenvalue weighted by Gasteiger charge is 2.31. The van der Waals surface area contributed by atoms with Crippen molar-refractivity contribution in [2.75, 3.05) is 13.7 Å². The second-order valence-electron chi connectivity index (χ2n) is 5.65. The smallest absolute Gasteiger partial charge is 0.321 e. The Morgan fingerprint density at radius 1 is 1.06 bits per heavy atom. The molecule has 16 heavy (non-hydrogen) atoms. The molecule has 0 aliphatic heterocycles. The van der Waals surface area contributed by atoms with Gasteiger partial charge >= 0.3 is 8.56 Å². The second-order valence-corrected chi connectivity index (χ2v) is 13.8. The molecule has 0 spiro atoms. The van der Waals surface area contributed by atoms with E-state index >= 15 is 0 Å². The summed E-state index contributed by atoms with van der Waals surface area (Å²) in [6.07, 6.45) is 2.42. The lowest BCUT2D eigenvalue weighted by atomic mass is 10.2.